The largest absolute Gasteiger partial charge is 0.277 e. The quantitative estimate of drug-likeness (QED) is 0.764. The molecule has 5 heteroatoms. The van der Waals surface area contributed by atoms with Gasteiger partial charge < -0.3 is 0 Å². The monoisotopic (exact) mass is 245 g/mol. The van der Waals surface area contributed by atoms with E-state index in [1.54, 1.807) is 0 Å². The molecule has 3 nitrogen and oxygen atoms in total. The SMILES string of the molecule is CC1CC=C(F)C=C1N(C)S(=O)(=O)C1CC1. The molecule has 0 N–H and O–H groups in total. The number of hydrogen-bond acceptors (Lipinski definition) is 2. The second-order valence-electron chi connectivity index (χ2n) is 4.51. The van der Waals surface area contributed by atoms with E-state index in [1.165, 1.54) is 23.5 Å². The van der Waals surface area contributed by atoms with E-state index in [0.717, 1.165) is 12.8 Å². The minimum atomic E-state index is -3.25. The number of halogens is 1. The maximum atomic E-state index is 13.1. The lowest BCUT2D eigenvalue weighted by atomic mass is 9.99. The molecule has 2 aliphatic carbocycles. The fraction of sp³-hybridized carbons (Fsp3) is 0.636. The number of sulfonamides is 1. The summed E-state index contributed by atoms with van der Waals surface area (Å²) in [4.78, 5) is 0. The van der Waals surface area contributed by atoms with Crippen molar-refractivity contribution in [1.82, 2.24) is 4.31 Å². The normalized spacial score (nSPS) is 26.1. The molecule has 0 spiro atoms. The average molecular weight is 245 g/mol. The fourth-order valence-electron chi connectivity index (χ4n) is 1.89. The predicted octanol–water partition coefficient (Wildman–Crippen LogP) is 2.19. The van der Waals surface area contributed by atoms with Crippen molar-refractivity contribution >= 4 is 10.0 Å². The third kappa shape index (κ3) is 2.00. The van der Waals surface area contributed by atoms with Crippen LogP contribution < -0.4 is 0 Å². The summed E-state index contributed by atoms with van der Waals surface area (Å²) in [5, 5.41) is -0.250. The summed E-state index contributed by atoms with van der Waals surface area (Å²) in [6.07, 6.45) is 4.83. The van der Waals surface area contributed by atoms with Crippen LogP contribution in [0.25, 0.3) is 0 Å². The van der Waals surface area contributed by atoms with Gasteiger partial charge in [0.2, 0.25) is 10.0 Å². The molecule has 2 rings (SSSR count). The highest BCUT2D eigenvalue weighted by Crippen LogP contribution is 2.35. The first kappa shape index (κ1) is 11.6. The zero-order valence-corrected chi connectivity index (χ0v) is 10.3. The Balaban J connectivity index is 2.27. The van der Waals surface area contributed by atoms with E-state index in [1.807, 2.05) is 6.92 Å². The van der Waals surface area contributed by atoms with E-state index in [4.69, 9.17) is 0 Å². The minimum absolute atomic E-state index is 0.0537. The van der Waals surface area contributed by atoms with E-state index in [-0.39, 0.29) is 17.0 Å². The van der Waals surface area contributed by atoms with E-state index >= 15 is 0 Å². The molecule has 0 saturated heterocycles. The van der Waals surface area contributed by atoms with Crippen LogP contribution in [0.1, 0.15) is 26.2 Å². The highest BCUT2D eigenvalue weighted by atomic mass is 32.2. The van der Waals surface area contributed by atoms with Crippen molar-refractivity contribution in [2.75, 3.05) is 7.05 Å². The topological polar surface area (TPSA) is 37.4 Å². The Hall–Kier alpha value is -0.840. The van der Waals surface area contributed by atoms with Gasteiger partial charge in [0.1, 0.15) is 5.83 Å². The van der Waals surface area contributed by atoms with Gasteiger partial charge in [-0.3, -0.25) is 4.31 Å². The van der Waals surface area contributed by atoms with Gasteiger partial charge in [-0.15, -0.1) is 0 Å². The lowest BCUT2D eigenvalue weighted by molar-refractivity contribution is 0.464. The molecule has 90 valence electrons. The molecule has 1 fully saturated rings. The van der Waals surface area contributed by atoms with Crippen molar-refractivity contribution in [3.05, 3.63) is 23.7 Å². The third-order valence-electron chi connectivity index (χ3n) is 3.15. The summed E-state index contributed by atoms with van der Waals surface area (Å²) in [5.41, 5.74) is 0.562. The Morgan fingerprint density at radius 1 is 1.44 bits per heavy atom. The second kappa shape index (κ2) is 3.87. The number of hydrogen-bond donors (Lipinski definition) is 0. The molecule has 0 radical (unpaired) electrons. The molecule has 1 unspecified atom stereocenters. The van der Waals surface area contributed by atoms with E-state index < -0.39 is 10.0 Å². The molecule has 1 saturated carbocycles. The summed E-state index contributed by atoms with van der Waals surface area (Å²) in [7, 11) is -1.73. The van der Waals surface area contributed by atoms with Crippen molar-refractivity contribution in [3.63, 3.8) is 0 Å². The van der Waals surface area contributed by atoms with Gasteiger partial charge >= 0.3 is 0 Å². The summed E-state index contributed by atoms with van der Waals surface area (Å²) in [6.45, 7) is 1.91. The van der Waals surface area contributed by atoms with Gasteiger partial charge in [-0.1, -0.05) is 6.92 Å². The first-order valence-corrected chi connectivity index (χ1v) is 6.98. The lowest BCUT2D eigenvalue weighted by Gasteiger charge is -2.28. The first-order chi connectivity index (χ1) is 7.43. The zero-order valence-electron chi connectivity index (χ0n) is 9.48. The van der Waals surface area contributed by atoms with Crippen LogP contribution in [0.4, 0.5) is 4.39 Å². The van der Waals surface area contributed by atoms with Crippen LogP contribution in [0.3, 0.4) is 0 Å². The highest BCUT2D eigenvalue weighted by Gasteiger charge is 2.40. The summed E-state index contributed by atoms with van der Waals surface area (Å²) >= 11 is 0. The van der Waals surface area contributed by atoms with E-state index in [2.05, 4.69) is 0 Å². The Labute approximate surface area is 95.7 Å². The van der Waals surface area contributed by atoms with Gasteiger partial charge in [-0.05, 0) is 31.4 Å². The molecule has 0 aromatic heterocycles. The Morgan fingerprint density at radius 3 is 2.62 bits per heavy atom. The van der Waals surface area contributed by atoms with E-state index in [0.29, 0.717) is 12.1 Å². The Morgan fingerprint density at radius 2 is 2.06 bits per heavy atom. The first-order valence-electron chi connectivity index (χ1n) is 5.48. The molecule has 2 aliphatic rings. The summed E-state index contributed by atoms with van der Waals surface area (Å²) < 4.78 is 38.4. The van der Waals surface area contributed by atoms with Gasteiger partial charge in [0.15, 0.2) is 0 Å². The number of rotatable bonds is 3. The van der Waals surface area contributed by atoms with Crippen LogP contribution in [0, 0.1) is 5.92 Å². The molecule has 0 aromatic carbocycles. The molecule has 0 bridgehead atoms. The maximum absolute atomic E-state index is 13.1. The van der Waals surface area contributed by atoms with Crippen LogP contribution in [0.2, 0.25) is 0 Å². The standard InChI is InChI=1S/C11H16FNO2S/c1-8-3-4-9(12)7-11(8)13(2)16(14,15)10-5-6-10/h4,7-8,10H,3,5-6H2,1-2H3. The Bertz CT molecular complexity index is 449. The smallest absolute Gasteiger partial charge is 0.237 e. The van der Waals surface area contributed by atoms with Crippen LogP contribution >= 0.6 is 0 Å². The second-order valence-corrected chi connectivity index (χ2v) is 6.75. The maximum Gasteiger partial charge on any atom is 0.237 e. The average Bonchev–Trinajstić information content (AvgIpc) is 3.04. The third-order valence-corrected chi connectivity index (χ3v) is 5.44. The molecular formula is C11H16FNO2S. The van der Waals surface area contributed by atoms with Gasteiger partial charge in [-0.2, -0.15) is 0 Å². The summed E-state index contributed by atoms with van der Waals surface area (Å²) in [5.74, 6) is -0.288. The molecule has 16 heavy (non-hydrogen) atoms. The van der Waals surface area contributed by atoms with Crippen molar-refractivity contribution in [2.45, 2.75) is 31.4 Å². The predicted molar refractivity (Wildman–Crippen MR) is 60.8 cm³/mol. The molecule has 1 atom stereocenters. The van der Waals surface area contributed by atoms with Crippen LogP contribution in [0.15, 0.2) is 23.7 Å². The van der Waals surface area contributed by atoms with Gasteiger partial charge in [0, 0.05) is 18.7 Å². The molecule has 0 aliphatic heterocycles. The van der Waals surface area contributed by atoms with Crippen molar-refractivity contribution < 1.29 is 12.8 Å². The van der Waals surface area contributed by atoms with Crippen molar-refractivity contribution in [3.8, 4) is 0 Å². The Kier molecular flexibility index (Phi) is 2.82. The highest BCUT2D eigenvalue weighted by molar-refractivity contribution is 7.90. The van der Waals surface area contributed by atoms with Crippen LogP contribution in [0.5, 0.6) is 0 Å². The molecule has 0 aromatic rings. The molecule has 0 heterocycles. The number of nitrogens with zero attached hydrogens (tertiary/aromatic N) is 1. The van der Waals surface area contributed by atoms with Gasteiger partial charge in [0.05, 0.1) is 5.25 Å². The van der Waals surface area contributed by atoms with Crippen LogP contribution in [-0.2, 0) is 10.0 Å². The van der Waals surface area contributed by atoms with Gasteiger partial charge in [0.25, 0.3) is 0 Å². The fourth-order valence-corrected chi connectivity index (χ4v) is 3.60. The number of allylic oxidation sites excluding steroid dienone is 4. The van der Waals surface area contributed by atoms with Gasteiger partial charge in [-0.25, -0.2) is 12.8 Å². The lowest BCUT2D eigenvalue weighted by Crippen LogP contribution is -2.32. The van der Waals surface area contributed by atoms with Crippen LogP contribution in [-0.4, -0.2) is 25.0 Å². The van der Waals surface area contributed by atoms with Crippen molar-refractivity contribution in [2.24, 2.45) is 5.92 Å². The minimum Gasteiger partial charge on any atom is -0.277 e. The zero-order chi connectivity index (χ0) is 11.9. The molecule has 0 amide bonds. The van der Waals surface area contributed by atoms with E-state index in [9.17, 15) is 12.8 Å². The summed E-state index contributed by atoms with van der Waals surface area (Å²) in [6, 6.07) is 0. The molecular weight excluding hydrogens is 229 g/mol. The van der Waals surface area contributed by atoms with Crippen molar-refractivity contribution in [1.29, 1.82) is 0 Å².